The molecular formula is C35H52N10O4Si. The fourth-order valence-corrected chi connectivity index (χ4v) is 6.51. The summed E-state index contributed by atoms with van der Waals surface area (Å²) >= 11 is 0. The Kier molecular flexibility index (Phi) is 12.1. The SMILES string of the molecule is C[C@@H](CCO)Nc1cc(Nc2ccnc(-c3cn(COCC[Si](C)(C)C)n(C)c3=O)n2)ncc1C(=O)c1ccc(CN2CCN(C)CC2)n1C. The van der Waals surface area contributed by atoms with E-state index < -0.39 is 8.07 Å². The molecule has 0 spiro atoms. The van der Waals surface area contributed by atoms with Gasteiger partial charge in [0.05, 0.1) is 16.9 Å². The van der Waals surface area contributed by atoms with Crippen LogP contribution in [0, 0.1) is 0 Å². The first-order valence-electron chi connectivity index (χ1n) is 17.2. The second-order valence-corrected chi connectivity index (χ2v) is 20.0. The summed E-state index contributed by atoms with van der Waals surface area (Å²) in [5.74, 6) is 1.01. The Hall–Kier alpha value is -4.15. The molecule has 0 saturated carbocycles. The fraction of sp³-hybridized carbons (Fsp3) is 0.514. The molecule has 0 amide bonds. The molecule has 5 heterocycles. The Balaban J connectivity index is 1.35. The maximum absolute atomic E-state index is 14.0. The first-order valence-corrected chi connectivity index (χ1v) is 21.0. The molecule has 50 heavy (non-hydrogen) atoms. The number of ether oxygens (including phenoxy) is 1. The number of carbonyl (C=O) groups is 1. The molecule has 0 aliphatic carbocycles. The molecule has 14 nitrogen and oxygen atoms in total. The number of rotatable bonds is 16. The Labute approximate surface area is 295 Å². The molecule has 4 aromatic rings. The minimum absolute atomic E-state index is 0.0105. The molecule has 1 saturated heterocycles. The van der Waals surface area contributed by atoms with Crippen LogP contribution in [0.3, 0.4) is 0 Å². The smallest absolute Gasteiger partial charge is 0.277 e. The van der Waals surface area contributed by atoms with E-state index in [1.165, 1.54) is 4.68 Å². The normalized spacial score (nSPS) is 15.0. The van der Waals surface area contributed by atoms with Gasteiger partial charge in [-0.3, -0.25) is 23.9 Å². The lowest BCUT2D eigenvalue weighted by Crippen LogP contribution is -2.44. The molecule has 5 rings (SSSR count). The highest BCUT2D eigenvalue weighted by molar-refractivity contribution is 6.76. The van der Waals surface area contributed by atoms with Crippen molar-refractivity contribution in [2.45, 2.75) is 58.3 Å². The highest BCUT2D eigenvalue weighted by atomic mass is 28.3. The zero-order valence-electron chi connectivity index (χ0n) is 30.4. The van der Waals surface area contributed by atoms with E-state index in [-0.39, 0.29) is 36.5 Å². The van der Waals surface area contributed by atoms with Crippen LogP contribution in [0.2, 0.25) is 25.7 Å². The second kappa shape index (κ2) is 16.2. The predicted octanol–water partition coefficient (Wildman–Crippen LogP) is 3.59. The molecule has 1 atom stereocenters. The molecule has 270 valence electrons. The van der Waals surface area contributed by atoms with E-state index in [1.54, 1.807) is 42.5 Å². The zero-order chi connectivity index (χ0) is 36.0. The van der Waals surface area contributed by atoms with Crippen molar-refractivity contribution < 1.29 is 14.6 Å². The van der Waals surface area contributed by atoms with Crippen molar-refractivity contribution in [3.63, 3.8) is 0 Å². The van der Waals surface area contributed by atoms with Gasteiger partial charge in [0.1, 0.15) is 23.9 Å². The lowest BCUT2D eigenvalue weighted by atomic mass is 10.1. The summed E-state index contributed by atoms with van der Waals surface area (Å²) in [4.78, 5) is 45.4. The Bertz CT molecular complexity index is 1820. The lowest BCUT2D eigenvalue weighted by Gasteiger charge is -2.32. The van der Waals surface area contributed by atoms with E-state index in [0.29, 0.717) is 47.2 Å². The van der Waals surface area contributed by atoms with Gasteiger partial charge >= 0.3 is 0 Å². The summed E-state index contributed by atoms with van der Waals surface area (Å²) in [6, 6.07) is 8.29. The minimum Gasteiger partial charge on any atom is -0.396 e. The number of pyridine rings is 1. The summed E-state index contributed by atoms with van der Waals surface area (Å²) < 4.78 is 11.0. The molecule has 15 heteroatoms. The van der Waals surface area contributed by atoms with Gasteiger partial charge in [-0.25, -0.2) is 15.0 Å². The van der Waals surface area contributed by atoms with Crippen LogP contribution in [-0.4, -0.2) is 110 Å². The number of hydrogen-bond donors (Lipinski definition) is 3. The predicted molar refractivity (Wildman–Crippen MR) is 199 cm³/mol. The molecule has 0 unspecified atom stereocenters. The number of aliphatic hydroxyl groups is 1. The molecule has 1 fully saturated rings. The number of ketones is 1. The van der Waals surface area contributed by atoms with Gasteiger partial charge in [-0.2, -0.15) is 0 Å². The number of piperazine rings is 1. The third-order valence-corrected chi connectivity index (χ3v) is 10.8. The van der Waals surface area contributed by atoms with E-state index in [4.69, 9.17) is 4.74 Å². The topological polar surface area (TPSA) is 148 Å². The number of aromatic nitrogens is 6. The quantitative estimate of drug-likeness (QED) is 0.0893. The van der Waals surface area contributed by atoms with E-state index in [1.807, 2.05) is 30.7 Å². The molecule has 1 aliphatic rings. The zero-order valence-corrected chi connectivity index (χ0v) is 31.4. The molecule has 0 radical (unpaired) electrons. The van der Waals surface area contributed by atoms with Crippen LogP contribution in [0.25, 0.3) is 11.4 Å². The van der Waals surface area contributed by atoms with Crippen molar-refractivity contribution in [1.29, 1.82) is 0 Å². The summed E-state index contributed by atoms with van der Waals surface area (Å²) in [6.45, 7) is 14.6. The Morgan fingerprint density at radius 1 is 1.06 bits per heavy atom. The molecule has 1 aliphatic heterocycles. The number of nitrogens with zero attached hydrogens (tertiary/aromatic N) is 8. The number of nitrogens with one attached hydrogen (secondary N) is 2. The summed E-state index contributed by atoms with van der Waals surface area (Å²) in [5, 5.41) is 16.2. The summed E-state index contributed by atoms with van der Waals surface area (Å²) in [5.41, 5.74) is 2.79. The van der Waals surface area contributed by atoms with Crippen LogP contribution in [0.1, 0.15) is 35.1 Å². The Morgan fingerprint density at radius 2 is 1.82 bits per heavy atom. The molecule has 0 aromatic carbocycles. The van der Waals surface area contributed by atoms with Gasteiger partial charge in [-0.1, -0.05) is 19.6 Å². The van der Waals surface area contributed by atoms with Crippen LogP contribution in [-0.2, 0) is 32.1 Å². The van der Waals surface area contributed by atoms with Gasteiger partial charge in [0.15, 0.2) is 5.82 Å². The van der Waals surface area contributed by atoms with Gasteiger partial charge in [-0.15, -0.1) is 0 Å². The lowest BCUT2D eigenvalue weighted by molar-refractivity contribution is 0.0703. The minimum atomic E-state index is -1.23. The Morgan fingerprint density at radius 3 is 2.54 bits per heavy atom. The van der Waals surface area contributed by atoms with Gasteiger partial charge < -0.3 is 29.9 Å². The number of likely N-dealkylation sites (N-methyl/N-ethyl adjacent to an activating group) is 1. The van der Waals surface area contributed by atoms with Gasteiger partial charge in [0, 0.05) is 104 Å². The van der Waals surface area contributed by atoms with Crippen LogP contribution in [0.15, 0.2) is 47.7 Å². The maximum atomic E-state index is 14.0. The molecule has 4 aromatic heterocycles. The van der Waals surface area contributed by atoms with E-state index in [0.717, 1.165) is 44.5 Å². The van der Waals surface area contributed by atoms with Crippen molar-refractivity contribution >= 4 is 31.2 Å². The number of aliphatic hydroxyl groups excluding tert-OH is 1. The third kappa shape index (κ3) is 9.34. The first kappa shape index (κ1) is 37.1. The highest BCUT2D eigenvalue weighted by Gasteiger charge is 2.22. The fourth-order valence-electron chi connectivity index (χ4n) is 5.75. The highest BCUT2D eigenvalue weighted by Crippen LogP contribution is 2.26. The van der Waals surface area contributed by atoms with Crippen molar-refractivity contribution in [2.24, 2.45) is 14.1 Å². The second-order valence-electron chi connectivity index (χ2n) is 14.4. The van der Waals surface area contributed by atoms with Gasteiger partial charge in [-0.05, 0) is 44.6 Å². The van der Waals surface area contributed by atoms with Crippen molar-refractivity contribution in [3.8, 4) is 11.4 Å². The van der Waals surface area contributed by atoms with Gasteiger partial charge in [0.25, 0.3) is 5.56 Å². The molecule has 3 N–H and O–H groups in total. The standard InChI is InChI=1S/C35H52N10O4Si/c1-25(11-17-46)38-29-20-32(37-21-27(29)33(47)30-9-8-26(42(30)3)22-44-15-13-41(2)14-16-44)39-31-10-12-36-34(40-31)28-23-45(43(4)35(28)48)24-49-18-19-50(5,6)7/h8-10,12,20-21,23,25,46H,11,13-19,22,24H2,1-7H3,(H2,36,37,38,39,40)/t25-/m0/s1. The van der Waals surface area contributed by atoms with E-state index >= 15 is 0 Å². The summed E-state index contributed by atoms with van der Waals surface area (Å²) in [6.07, 6.45) is 5.36. The first-order chi connectivity index (χ1) is 23.8. The van der Waals surface area contributed by atoms with Gasteiger partial charge in [0.2, 0.25) is 5.78 Å². The van der Waals surface area contributed by atoms with Crippen LogP contribution in [0.4, 0.5) is 17.3 Å². The number of carbonyl (C=O) groups excluding carboxylic acids is 1. The van der Waals surface area contributed by atoms with E-state index in [9.17, 15) is 14.7 Å². The monoisotopic (exact) mass is 704 g/mol. The van der Waals surface area contributed by atoms with Crippen LogP contribution >= 0.6 is 0 Å². The average Bonchev–Trinajstić information content (AvgIpc) is 3.57. The van der Waals surface area contributed by atoms with Crippen molar-refractivity contribution in [3.05, 3.63) is 70.2 Å². The van der Waals surface area contributed by atoms with Crippen molar-refractivity contribution in [1.82, 2.24) is 38.7 Å². The van der Waals surface area contributed by atoms with Crippen LogP contribution in [0.5, 0.6) is 0 Å². The molecule has 0 bridgehead atoms. The van der Waals surface area contributed by atoms with Crippen molar-refractivity contribution in [2.75, 3.05) is 57.1 Å². The third-order valence-electron chi connectivity index (χ3n) is 9.11. The number of hydrogen-bond acceptors (Lipinski definition) is 11. The van der Waals surface area contributed by atoms with E-state index in [2.05, 4.69) is 62.1 Å². The molecular weight excluding hydrogens is 653 g/mol. The largest absolute Gasteiger partial charge is 0.396 e. The maximum Gasteiger partial charge on any atom is 0.277 e. The van der Waals surface area contributed by atoms with Crippen LogP contribution < -0.4 is 16.2 Å². The average molecular weight is 705 g/mol. The summed E-state index contributed by atoms with van der Waals surface area (Å²) in [7, 11) is 4.54. The number of anilines is 3.